The summed E-state index contributed by atoms with van der Waals surface area (Å²) in [7, 11) is 0. The topological polar surface area (TPSA) is 107 Å². The third-order valence-corrected chi connectivity index (χ3v) is 6.78. The van der Waals surface area contributed by atoms with E-state index in [-0.39, 0.29) is 11.9 Å². The molecule has 1 aliphatic rings. The van der Waals surface area contributed by atoms with E-state index >= 15 is 0 Å². The van der Waals surface area contributed by atoms with E-state index in [4.69, 9.17) is 5.73 Å². The van der Waals surface area contributed by atoms with Crippen molar-refractivity contribution in [2.24, 2.45) is 0 Å². The summed E-state index contributed by atoms with van der Waals surface area (Å²) in [6.07, 6.45) is 7.81. The second kappa shape index (κ2) is 8.12. The number of nitrogens with zero attached hydrogens (tertiary/aromatic N) is 4. The highest BCUT2D eigenvalue weighted by Crippen LogP contribution is 2.45. The zero-order valence-corrected chi connectivity index (χ0v) is 18.4. The fraction of sp³-hybridized carbons (Fsp3) is 0.208. The van der Waals surface area contributed by atoms with Crippen molar-refractivity contribution in [1.82, 2.24) is 19.9 Å². The maximum atomic E-state index is 13.3. The number of nitrogen functional groups attached to an aromatic ring is 1. The first-order valence-electron chi connectivity index (χ1n) is 10.4. The monoisotopic (exact) mass is 442 g/mol. The second-order valence-electron chi connectivity index (χ2n) is 7.98. The summed E-state index contributed by atoms with van der Waals surface area (Å²) in [4.78, 5) is 30.3. The molecule has 0 spiro atoms. The lowest BCUT2D eigenvalue weighted by Gasteiger charge is -2.40. The molecule has 5 rings (SSSR count). The highest BCUT2D eigenvalue weighted by atomic mass is 32.1. The minimum Gasteiger partial charge on any atom is -0.368 e. The Hall–Kier alpha value is -3.65. The van der Waals surface area contributed by atoms with Crippen molar-refractivity contribution in [3.05, 3.63) is 70.9 Å². The zero-order valence-electron chi connectivity index (χ0n) is 17.6. The fourth-order valence-electron chi connectivity index (χ4n) is 4.00. The van der Waals surface area contributed by atoms with Crippen molar-refractivity contribution in [2.75, 3.05) is 11.1 Å². The van der Waals surface area contributed by atoms with Gasteiger partial charge in [-0.1, -0.05) is 30.7 Å². The molecule has 0 atom stereocenters. The van der Waals surface area contributed by atoms with Crippen molar-refractivity contribution in [3.63, 3.8) is 0 Å². The molecule has 160 valence electrons. The van der Waals surface area contributed by atoms with E-state index in [1.165, 1.54) is 0 Å². The lowest BCUT2D eigenvalue weighted by Crippen LogP contribution is -2.46. The lowest BCUT2D eigenvalue weighted by atomic mass is 9.63. The number of hydrogen-bond acceptors (Lipinski definition) is 7. The van der Waals surface area contributed by atoms with Gasteiger partial charge in [-0.2, -0.15) is 0 Å². The van der Waals surface area contributed by atoms with Crippen molar-refractivity contribution in [1.29, 1.82) is 0 Å². The molecule has 0 saturated heterocycles. The van der Waals surface area contributed by atoms with Gasteiger partial charge in [0.1, 0.15) is 5.82 Å². The molecule has 1 aliphatic carbocycles. The molecule has 3 heterocycles. The van der Waals surface area contributed by atoms with Crippen LogP contribution in [0.2, 0.25) is 0 Å². The number of carbonyl (C=O) groups is 1. The van der Waals surface area contributed by atoms with Crippen molar-refractivity contribution in [2.45, 2.75) is 31.6 Å². The molecule has 0 radical (unpaired) electrons. The van der Waals surface area contributed by atoms with Crippen molar-refractivity contribution >= 4 is 29.0 Å². The van der Waals surface area contributed by atoms with Crippen LogP contribution in [0.3, 0.4) is 0 Å². The third kappa shape index (κ3) is 3.73. The first-order chi connectivity index (χ1) is 15.5. The molecule has 1 fully saturated rings. The Labute approximate surface area is 189 Å². The summed E-state index contributed by atoms with van der Waals surface area (Å²) in [6, 6.07) is 11.8. The molecular weight excluding hydrogens is 420 g/mol. The largest absolute Gasteiger partial charge is 0.368 e. The second-order valence-corrected chi connectivity index (χ2v) is 9.04. The van der Waals surface area contributed by atoms with Gasteiger partial charge in [-0.25, -0.2) is 19.9 Å². The zero-order chi connectivity index (χ0) is 22.1. The molecule has 7 nitrogen and oxygen atoms in total. The van der Waals surface area contributed by atoms with Crippen LogP contribution < -0.4 is 11.1 Å². The van der Waals surface area contributed by atoms with Gasteiger partial charge in [0.2, 0.25) is 11.9 Å². The van der Waals surface area contributed by atoms with E-state index < -0.39 is 5.41 Å². The number of benzene rings is 1. The van der Waals surface area contributed by atoms with Crippen LogP contribution in [0.25, 0.3) is 22.4 Å². The molecule has 32 heavy (non-hydrogen) atoms. The molecule has 1 saturated carbocycles. The summed E-state index contributed by atoms with van der Waals surface area (Å²) in [5, 5.41) is 6.04. The van der Waals surface area contributed by atoms with Crippen LogP contribution in [-0.2, 0) is 10.2 Å². The number of pyridine rings is 1. The van der Waals surface area contributed by atoms with Gasteiger partial charge in [-0.3, -0.25) is 4.79 Å². The number of nitrogens with two attached hydrogens (primary N) is 1. The van der Waals surface area contributed by atoms with Gasteiger partial charge in [0.15, 0.2) is 0 Å². The highest BCUT2D eigenvalue weighted by molar-refractivity contribution is 7.09. The molecule has 4 aromatic rings. The predicted molar refractivity (Wildman–Crippen MR) is 126 cm³/mol. The summed E-state index contributed by atoms with van der Waals surface area (Å²) < 4.78 is 0. The van der Waals surface area contributed by atoms with E-state index in [0.717, 1.165) is 52.2 Å². The maximum Gasteiger partial charge on any atom is 0.236 e. The van der Waals surface area contributed by atoms with E-state index in [9.17, 15) is 4.79 Å². The third-order valence-electron chi connectivity index (χ3n) is 6.00. The Morgan fingerprint density at radius 1 is 0.969 bits per heavy atom. The van der Waals surface area contributed by atoms with Gasteiger partial charge < -0.3 is 11.1 Å². The summed E-state index contributed by atoms with van der Waals surface area (Å²) in [6.45, 7) is 1.98. The Bertz CT molecular complexity index is 1250. The van der Waals surface area contributed by atoms with Gasteiger partial charge in [0.25, 0.3) is 0 Å². The van der Waals surface area contributed by atoms with Crippen molar-refractivity contribution in [3.8, 4) is 22.4 Å². The maximum absolute atomic E-state index is 13.3. The van der Waals surface area contributed by atoms with E-state index in [0.29, 0.717) is 5.82 Å². The van der Waals surface area contributed by atoms with Crippen LogP contribution in [0.15, 0.2) is 60.4 Å². The minimum atomic E-state index is -0.525. The minimum absolute atomic E-state index is 0.0166. The number of aromatic nitrogens is 4. The lowest BCUT2D eigenvalue weighted by molar-refractivity contribution is -0.124. The number of thiazole rings is 1. The highest BCUT2D eigenvalue weighted by Gasteiger charge is 2.45. The van der Waals surface area contributed by atoms with E-state index in [1.54, 1.807) is 29.9 Å². The fourth-order valence-corrected chi connectivity index (χ4v) is 4.62. The molecule has 1 amide bonds. The number of rotatable bonds is 5. The Morgan fingerprint density at radius 2 is 1.66 bits per heavy atom. The van der Waals surface area contributed by atoms with E-state index in [1.807, 2.05) is 48.7 Å². The summed E-state index contributed by atoms with van der Waals surface area (Å²) >= 11 is 1.60. The van der Waals surface area contributed by atoms with Gasteiger partial charge in [-0.15, -0.1) is 11.3 Å². The van der Waals surface area contributed by atoms with Crippen LogP contribution in [0, 0.1) is 6.92 Å². The van der Waals surface area contributed by atoms with E-state index in [2.05, 4.69) is 25.3 Å². The van der Waals surface area contributed by atoms with Crippen molar-refractivity contribution < 1.29 is 4.79 Å². The quantitative estimate of drug-likeness (QED) is 0.467. The van der Waals surface area contributed by atoms with Crippen LogP contribution >= 0.6 is 11.3 Å². The molecule has 8 heteroatoms. The molecule has 3 N–H and O–H groups in total. The van der Waals surface area contributed by atoms with Gasteiger partial charge in [-0.05, 0) is 43.0 Å². The number of hydrogen-bond donors (Lipinski definition) is 2. The van der Waals surface area contributed by atoms with Crippen LogP contribution in [0.4, 0.5) is 11.8 Å². The molecule has 0 bridgehead atoms. The van der Waals surface area contributed by atoms with Gasteiger partial charge >= 0.3 is 0 Å². The van der Waals surface area contributed by atoms with Crippen LogP contribution in [0.5, 0.6) is 0 Å². The number of aryl methyl sites for hydroxylation is 1. The van der Waals surface area contributed by atoms with Gasteiger partial charge in [0.05, 0.1) is 16.1 Å². The first kappa shape index (κ1) is 20.3. The number of nitrogens with one attached hydrogen (secondary N) is 1. The molecule has 0 aliphatic heterocycles. The van der Waals surface area contributed by atoms with Crippen LogP contribution in [-0.4, -0.2) is 25.8 Å². The Balaban J connectivity index is 1.33. The Morgan fingerprint density at radius 3 is 2.22 bits per heavy atom. The smallest absolute Gasteiger partial charge is 0.236 e. The van der Waals surface area contributed by atoms with Gasteiger partial charge in [0, 0.05) is 35.1 Å². The Kier molecular flexibility index (Phi) is 5.14. The summed E-state index contributed by atoms with van der Waals surface area (Å²) in [5.41, 5.74) is 9.77. The first-order valence-corrected chi connectivity index (χ1v) is 11.3. The average molecular weight is 443 g/mol. The van der Waals surface area contributed by atoms with Crippen LogP contribution in [0.1, 0.15) is 29.8 Å². The molecular formula is C24H22N6OS. The average Bonchev–Trinajstić information content (AvgIpc) is 3.21. The number of anilines is 2. The molecule has 1 aromatic carbocycles. The standard InChI is InChI=1S/C24H22N6OS/c1-15-29-20(14-32-15)17-5-8-21(26-11-17)30-22(31)24(9-2-10-24)19-6-3-16(4-7-19)18-12-27-23(25)28-13-18/h3-8,11-14H,2,9-10H2,1H3,(H2,25,27,28)(H,26,30,31). The summed E-state index contributed by atoms with van der Waals surface area (Å²) in [5.74, 6) is 0.781. The normalized spacial score (nSPS) is 14.5. The number of amides is 1. The number of carbonyl (C=O) groups excluding carboxylic acids is 1. The predicted octanol–water partition coefficient (Wildman–Crippen LogP) is 4.61. The SMILES string of the molecule is Cc1nc(-c2ccc(NC(=O)C3(c4ccc(-c5cnc(N)nc5)cc4)CCC3)nc2)cs1. The molecule has 3 aromatic heterocycles. The molecule has 0 unspecified atom stereocenters.